The Morgan fingerprint density at radius 2 is 2.28 bits per heavy atom. The number of thiophene rings is 1. The standard InChI is InChI=1S/C13H11N3OS/c1-2-11(17-6-1)8-15-13-14-5-3-12(16-13)10-4-7-18-9-10/h1-7,9H,8H2,(H,14,15,16). The number of aromatic nitrogens is 2. The molecule has 3 aromatic heterocycles. The molecule has 4 nitrogen and oxygen atoms in total. The number of rotatable bonds is 4. The second kappa shape index (κ2) is 5.01. The SMILES string of the molecule is c1coc(CNc2nccc(-c3ccsc3)n2)c1. The Kier molecular flexibility index (Phi) is 3.06. The molecule has 0 spiro atoms. The average molecular weight is 257 g/mol. The predicted octanol–water partition coefficient (Wildman–Crippen LogP) is 3.41. The van der Waals surface area contributed by atoms with Gasteiger partial charge in [-0.1, -0.05) is 0 Å². The third kappa shape index (κ3) is 2.41. The minimum absolute atomic E-state index is 0.583. The van der Waals surface area contributed by atoms with E-state index in [2.05, 4.69) is 20.7 Å². The first kappa shape index (κ1) is 11.0. The highest BCUT2D eigenvalue weighted by molar-refractivity contribution is 7.08. The second-order valence-electron chi connectivity index (χ2n) is 3.71. The van der Waals surface area contributed by atoms with Crippen LogP contribution in [0, 0.1) is 0 Å². The highest BCUT2D eigenvalue weighted by Crippen LogP contribution is 2.20. The lowest BCUT2D eigenvalue weighted by Gasteiger charge is -2.04. The fourth-order valence-corrected chi connectivity index (χ4v) is 2.24. The summed E-state index contributed by atoms with van der Waals surface area (Å²) in [5.41, 5.74) is 2.04. The van der Waals surface area contributed by atoms with E-state index < -0.39 is 0 Å². The van der Waals surface area contributed by atoms with E-state index in [-0.39, 0.29) is 0 Å². The molecule has 0 radical (unpaired) electrons. The Morgan fingerprint density at radius 3 is 3.06 bits per heavy atom. The maximum atomic E-state index is 5.24. The lowest BCUT2D eigenvalue weighted by Crippen LogP contribution is -2.02. The summed E-state index contributed by atoms with van der Waals surface area (Å²) >= 11 is 1.66. The van der Waals surface area contributed by atoms with Crippen molar-refractivity contribution in [1.29, 1.82) is 0 Å². The van der Waals surface area contributed by atoms with Crippen LogP contribution >= 0.6 is 11.3 Å². The van der Waals surface area contributed by atoms with Gasteiger partial charge in [0, 0.05) is 17.1 Å². The third-order valence-corrected chi connectivity index (χ3v) is 3.16. The third-order valence-electron chi connectivity index (χ3n) is 2.47. The quantitative estimate of drug-likeness (QED) is 0.778. The molecule has 0 amide bonds. The molecule has 0 aliphatic heterocycles. The molecule has 0 bridgehead atoms. The van der Waals surface area contributed by atoms with Gasteiger partial charge in [0.2, 0.25) is 5.95 Å². The molecule has 0 fully saturated rings. The van der Waals surface area contributed by atoms with E-state index in [9.17, 15) is 0 Å². The van der Waals surface area contributed by atoms with Gasteiger partial charge < -0.3 is 9.73 Å². The first-order valence-corrected chi connectivity index (χ1v) is 6.48. The summed E-state index contributed by atoms with van der Waals surface area (Å²) in [6, 6.07) is 7.72. The van der Waals surface area contributed by atoms with Crippen molar-refractivity contribution in [3.63, 3.8) is 0 Å². The summed E-state index contributed by atoms with van der Waals surface area (Å²) in [7, 11) is 0. The molecule has 0 unspecified atom stereocenters. The zero-order valence-electron chi connectivity index (χ0n) is 9.54. The van der Waals surface area contributed by atoms with Crippen molar-refractivity contribution in [1.82, 2.24) is 9.97 Å². The summed E-state index contributed by atoms with van der Waals surface area (Å²) in [4.78, 5) is 8.65. The van der Waals surface area contributed by atoms with Gasteiger partial charge >= 0.3 is 0 Å². The van der Waals surface area contributed by atoms with E-state index in [1.807, 2.05) is 29.6 Å². The molecule has 3 heterocycles. The fourth-order valence-electron chi connectivity index (χ4n) is 1.59. The van der Waals surface area contributed by atoms with E-state index in [0.717, 1.165) is 17.0 Å². The Labute approximate surface area is 108 Å². The predicted molar refractivity (Wildman–Crippen MR) is 71.4 cm³/mol. The van der Waals surface area contributed by atoms with Crippen LogP contribution in [0.1, 0.15) is 5.76 Å². The zero-order valence-corrected chi connectivity index (χ0v) is 10.4. The van der Waals surface area contributed by atoms with Crippen molar-refractivity contribution < 1.29 is 4.42 Å². The van der Waals surface area contributed by atoms with Crippen LogP contribution in [0.3, 0.4) is 0 Å². The van der Waals surface area contributed by atoms with Crippen molar-refractivity contribution in [2.75, 3.05) is 5.32 Å². The topological polar surface area (TPSA) is 51.0 Å². The van der Waals surface area contributed by atoms with Crippen LogP contribution in [-0.4, -0.2) is 9.97 Å². The molecule has 1 N–H and O–H groups in total. The Hall–Kier alpha value is -2.14. The molecule has 0 saturated heterocycles. The number of hydrogen-bond acceptors (Lipinski definition) is 5. The maximum Gasteiger partial charge on any atom is 0.223 e. The Morgan fingerprint density at radius 1 is 1.28 bits per heavy atom. The number of hydrogen-bond donors (Lipinski definition) is 1. The highest BCUT2D eigenvalue weighted by atomic mass is 32.1. The molecule has 3 rings (SSSR count). The Balaban J connectivity index is 1.75. The molecule has 0 aromatic carbocycles. The largest absolute Gasteiger partial charge is 0.467 e. The van der Waals surface area contributed by atoms with Gasteiger partial charge in [-0.15, -0.1) is 0 Å². The van der Waals surface area contributed by atoms with Gasteiger partial charge in [0.15, 0.2) is 0 Å². The smallest absolute Gasteiger partial charge is 0.223 e. The molecular formula is C13H11N3OS. The molecular weight excluding hydrogens is 246 g/mol. The van der Waals surface area contributed by atoms with Gasteiger partial charge in [-0.25, -0.2) is 9.97 Å². The van der Waals surface area contributed by atoms with Gasteiger partial charge in [-0.2, -0.15) is 11.3 Å². The minimum Gasteiger partial charge on any atom is -0.467 e. The molecule has 0 aliphatic carbocycles. The van der Waals surface area contributed by atoms with Crippen LogP contribution < -0.4 is 5.32 Å². The van der Waals surface area contributed by atoms with Crippen LogP contribution in [-0.2, 0) is 6.54 Å². The first-order valence-electron chi connectivity index (χ1n) is 5.54. The van der Waals surface area contributed by atoms with Gasteiger partial charge in [0.05, 0.1) is 18.5 Å². The maximum absolute atomic E-state index is 5.24. The fraction of sp³-hybridized carbons (Fsp3) is 0.0769. The molecule has 5 heteroatoms. The van der Waals surface area contributed by atoms with Crippen LogP contribution in [0.25, 0.3) is 11.3 Å². The van der Waals surface area contributed by atoms with E-state index in [1.54, 1.807) is 23.8 Å². The van der Waals surface area contributed by atoms with Crippen LogP contribution in [0.2, 0.25) is 0 Å². The molecule has 18 heavy (non-hydrogen) atoms. The van der Waals surface area contributed by atoms with Crippen molar-refractivity contribution in [3.05, 3.63) is 53.2 Å². The molecule has 0 atom stereocenters. The lowest BCUT2D eigenvalue weighted by molar-refractivity contribution is 0.517. The molecule has 3 aromatic rings. The lowest BCUT2D eigenvalue weighted by atomic mass is 10.2. The second-order valence-corrected chi connectivity index (χ2v) is 4.49. The van der Waals surface area contributed by atoms with Crippen molar-refractivity contribution >= 4 is 17.3 Å². The number of furan rings is 1. The van der Waals surface area contributed by atoms with Gasteiger partial charge in [0.25, 0.3) is 0 Å². The average Bonchev–Trinajstić information content (AvgIpc) is 3.10. The molecule has 0 saturated carbocycles. The van der Waals surface area contributed by atoms with E-state index in [1.165, 1.54) is 0 Å². The minimum atomic E-state index is 0.583. The number of nitrogens with zero attached hydrogens (tertiary/aromatic N) is 2. The van der Waals surface area contributed by atoms with Crippen molar-refractivity contribution in [2.45, 2.75) is 6.54 Å². The monoisotopic (exact) mass is 257 g/mol. The summed E-state index contributed by atoms with van der Waals surface area (Å²) in [6.45, 7) is 0.583. The summed E-state index contributed by atoms with van der Waals surface area (Å²) in [6.07, 6.45) is 3.41. The van der Waals surface area contributed by atoms with Crippen LogP contribution in [0.15, 0.2) is 51.9 Å². The van der Waals surface area contributed by atoms with E-state index in [0.29, 0.717) is 12.5 Å². The first-order chi connectivity index (χ1) is 8.92. The highest BCUT2D eigenvalue weighted by Gasteiger charge is 2.03. The van der Waals surface area contributed by atoms with Gasteiger partial charge in [-0.3, -0.25) is 0 Å². The number of anilines is 1. The normalized spacial score (nSPS) is 10.4. The summed E-state index contributed by atoms with van der Waals surface area (Å²) < 4.78 is 5.24. The van der Waals surface area contributed by atoms with Crippen molar-refractivity contribution in [3.8, 4) is 11.3 Å². The van der Waals surface area contributed by atoms with Crippen LogP contribution in [0.4, 0.5) is 5.95 Å². The zero-order chi connectivity index (χ0) is 12.2. The van der Waals surface area contributed by atoms with Gasteiger partial charge in [-0.05, 0) is 29.6 Å². The molecule has 90 valence electrons. The van der Waals surface area contributed by atoms with Crippen LogP contribution in [0.5, 0.6) is 0 Å². The van der Waals surface area contributed by atoms with E-state index >= 15 is 0 Å². The summed E-state index contributed by atoms with van der Waals surface area (Å²) in [5, 5.41) is 7.24. The summed E-state index contributed by atoms with van der Waals surface area (Å²) in [5.74, 6) is 1.47. The number of nitrogens with one attached hydrogen (secondary N) is 1. The van der Waals surface area contributed by atoms with Gasteiger partial charge in [0.1, 0.15) is 5.76 Å². The van der Waals surface area contributed by atoms with E-state index in [4.69, 9.17) is 4.42 Å². The van der Waals surface area contributed by atoms with Crippen molar-refractivity contribution in [2.24, 2.45) is 0 Å². The molecule has 0 aliphatic rings. The Bertz CT molecular complexity index is 605.